The van der Waals surface area contributed by atoms with Gasteiger partial charge in [0.15, 0.2) is 5.96 Å². The zero-order chi connectivity index (χ0) is 14.3. The van der Waals surface area contributed by atoms with Crippen LogP contribution in [0.25, 0.3) is 0 Å². The van der Waals surface area contributed by atoms with Crippen LogP contribution in [0.4, 0.5) is 0 Å². The highest BCUT2D eigenvalue weighted by Gasteiger charge is 2.28. The van der Waals surface area contributed by atoms with Gasteiger partial charge in [0.2, 0.25) is 0 Å². The third-order valence-electron chi connectivity index (χ3n) is 3.22. The second-order valence-corrected chi connectivity index (χ2v) is 5.36. The lowest BCUT2D eigenvalue weighted by atomic mass is 9.98. The van der Waals surface area contributed by atoms with Gasteiger partial charge in [-0.05, 0) is 25.7 Å². The van der Waals surface area contributed by atoms with Crippen LogP contribution in [-0.4, -0.2) is 50.1 Å². The largest absolute Gasteiger partial charge is 0.466 e. The minimum Gasteiger partial charge on any atom is -0.466 e. The Balaban J connectivity index is 0.00000361. The maximum atomic E-state index is 11.8. The van der Waals surface area contributed by atoms with Crippen molar-refractivity contribution in [3.63, 3.8) is 0 Å². The van der Waals surface area contributed by atoms with Crippen molar-refractivity contribution in [2.45, 2.75) is 33.6 Å². The van der Waals surface area contributed by atoms with Gasteiger partial charge in [-0.1, -0.05) is 13.8 Å². The Labute approximate surface area is 139 Å². The molecule has 20 heavy (non-hydrogen) atoms. The van der Waals surface area contributed by atoms with E-state index in [4.69, 9.17) is 4.74 Å². The summed E-state index contributed by atoms with van der Waals surface area (Å²) >= 11 is 0. The summed E-state index contributed by atoms with van der Waals surface area (Å²) in [6.07, 6.45) is 1.92. The predicted molar refractivity (Wildman–Crippen MR) is 92.5 cm³/mol. The highest BCUT2D eigenvalue weighted by atomic mass is 127. The molecule has 1 saturated heterocycles. The number of halogens is 1. The van der Waals surface area contributed by atoms with Gasteiger partial charge in [0.1, 0.15) is 0 Å². The van der Waals surface area contributed by atoms with Gasteiger partial charge in [-0.25, -0.2) is 0 Å². The molecule has 0 saturated carbocycles. The molecule has 1 heterocycles. The summed E-state index contributed by atoms with van der Waals surface area (Å²) in [6.45, 7) is 9.19. The van der Waals surface area contributed by atoms with Crippen molar-refractivity contribution in [3.8, 4) is 0 Å². The van der Waals surface area contributed by atoms with Gasteiger partial charge in [0, 0.05) is 26.7 Å². The van der Waals surface area contributed by atoms with Crippen LogP contribution in [0, 0.1) is 11.8 Å². The van der Waals surface area contributed by atoms with Gasteiger partial charge >= 0.3 is 5.97 Å². The average Bonchev–Trinajstić information content (AvgIpc) is 2.40. The van der Waals surface area contributed by atoms with Gasteiger partial charge in [-0.15, -0.1) is 24.0 Å². The lowest BCUT2D eigenvalue weighted by Gasteiger charge is -2.34. The van der Waals surface area contributed by atoms with Gasteiger partial charge in [-0.2, -0.15) is 0 Å². The molecule has 0 aromatic rings. The number of carbonyl (C=O) groups is 1. The van der Waals surface area contributed by atoms with E-state index in [0.29, 0.717) is 19.1 Å². The fourth-order valence-corrected chi connectivity index (χ4v) is 2.25. The lowest BCUT2D eigenvalue weighted by Crippen LogP contribution is -2.48. The zero-order valence-electron chi connectivity index (χ0n) is 13.0. The van der Waals surface area contributed by atoms with Crippen molar-refractivity contribution >= 4 is 35.9 Å². The molecule has 5 nitrogen and oxygen atoms in total. The molecule has 6 heteroatoms. The van der Waals surface area contributed by atoms with E-state index in [0.717, 1.165) is 31.9 Å². The summed E-state index contributed by atoms with van der Waals surface area (Å²) in [4.78, 5) is 18.3. The molecule has 1 aliphatic rings. The zero-order valence-corrected chi connectivity index (χ0v) is 15.3. The molecule has 0 bridgehead atoms. The van der Waals surface area contributed by atoms with Crippen molar-refractivity contribution < 1.29 is 9.53 Å². The van der Waals surface area contributed by atoms with E-state index in [1.54, 1.807) is 7.05 Å². The number of hydrogen-bond acceptors (Lipinski definition) is 3. The molecular weight excluding hydrogens is 369 g/mol. The van der Waals surface area contributed by atoms with Gasteiger partial charge in [-0.3, -0.25) is 9.79 Å². The Hall–Kier alpha value is -0.530. The van der Waals surface area contributed by atoms with Crippen molar-refractivity contribution in [2.24, 2.45) is 16.8 Å². The van der Waals surface area contributed by atoms with Crippen LogP contribution in [0.5, 0.6) is 0 Å². The Bertz CT molecular complexity index is 322. The highest BCUT2D eigenvalue weighted by molar-refractivity contribution is 14.0. The molecule has 1 atom stereocenters. The first kappa shape index (κ1) is 19.5. The molecule has 1 aliphatic heterocycles. The summed E-state index contributed by atoms with van der Waals surface area (Å²) < 4.78 is 5.12. The summed E-state index contributed by atoms with van der Waals surface area (Å²) in [5.41, 5.74) is 0. The van der Waals surface area contributed by atoms with Crippen LogP contribution in [0.3, 0.4) is 0 Å². The summed E-state index contributed by atoms with van der Waals surface area (Å²) in [7, 11) is 1.79. The van der Waals surface area contributed by atoms with Crippen LogP contribution in [0.15, 0.2) is 4.99 Å². The molecule has 1 N–H and O–H groups in total. The van der Waals surface area contributed by atoms with Crippen LogP contribution < -0.4 is 5.32 Å². The number of carbonyl (C=O) groups excluding carboxylic acids is 1. The Morgan fingerprint density at radius 3 is 2.75 bits per heavy atom. The second-order valence-electron chi connectivity index (χ2n) is 5.36. The minimum atomic E-state index is -0.0773. The fraction of sp³-hybridized carbons (Fsp3) is 0.857. The van der Waals surface area contributed by atoms with Gasteiger partial charge in [0.25, 0.3) is 0 Å². The monoisotopic (exact) mass is 397 g/mol. The fourth-order valence-electron chi connectivity index (χ4n) is 2.25. The number of ether oxygens (including phenoxy) is 1. The number of aliphatic imine (C=N–C) groups is 1. The first-order valence-corrected chi connectivity index (χ1v) is 7.20. The van der Waals surface area contributed by atoms with Crippen LogP contribution in [-0.2, 0) is 9.53 Å². The summed E-state index contributed by atoms with van der Waals surface area (Å²) in [5.74, 6) is 1.36. The Morgan fingerprint density at radius 2 is 2.20 bits per heavy atom. The van der Waals surface area contributed by atoms with Crippen LogP contribution in [0.1, 0.15) is 33.6 Å². The van der Waals surface area contributed by atoms with E-state index in [-0.39, 0.29) is 35.9 Å². The Morgan fingerprint density at radius 1 is 1.50 bits per heavy atom. The standard InChI is InChI=1S/C14H27N3O2.HI/c1-5-19-13(18)12-7-6-8-17(10-12)14(15-4)16-9-11(2)3;/h11-12H,5-10H2,1-4H3,(H,15,16);1H. The number of nitrogens with one attached hydrogen (secondary N) is 1. The predicted octanol–water partition coefficient (Wildman–Crippen LogP) is 2.11. The maximum absolute atomic E-state index is 11.8. The smallest absolute Gasteiger partial charge is 0.310 e. The third-order valence-corrected chi connectivity index (χ3v) is 3.22. The second kappa shape index (κ2) is 10.2. The molecule has 0 aromatic carbocycles. The average molecular weight is 397 g/mol. The number of nitrogens with zero attached hydrogens (tertiary/aromatic N) is 2. The lowest BCUT2D eigenvalue weighted by molar-refractivity contribution is -0.149. The number of esters is 1. The van der Waals surface area contributed by atoms with Crippen molar-refractivity contribution in [1.29, 1.82) is 0 Å². The first-order valence-electron chi connectivity index (χ1n) is 7.20. The number of piperidine rings is 1. The normalized spacial score (nSPS) is 19.6. The molecule has 1 fully saturated rings. The van der Waals surface area contributed by atoms with Crippen LogP contribution in [0.2, 0.25) is 0 Å². The molecule has 0 aliphatic carbocycles. The quantitative estimate of drug-likeness (QED) is 0.342. The number of rotatable bonds is 4. The third kappa shape index (κ3) is 6.28. The summed E-state index contributed by atoms with van der Waals surface area (Å²) in [6, 6.07) is 0. The van der Waals surface area contributed by atoms with E-state index < -0.39 is 0 Å². The molecule has 0 aromatic heterocycles. The molecule has 118 valence electrons. The van der Waals surface area contributed by atoms with E-state index in [1.165, 1.54) is 0 Å². The molecular formula is C14H28IN3O2. The molecule has 1 rings (SSSR count). The van der Waals surface area contributed by atoms with Crippen molar-refractivity contribution in [2.75, 3.05) is 33.3 Å². The number of hydrogen-bond donors (Lipinski definition) is 1. The minimum absolute atomic E-state index is 0. The molecule has 0 spiro atoms. The number of guanidine groups is 1. The first-order chi connectivity index (χ1) is 9.08. The van der Waals surface area contributed by atoms with E-state index >= 15 is 0 Å². The molecule has 0 amide bonds. The topological polar surface area (TPSA) is 53.9 Å². The van der Waals surface area contributed by atoms with Crippen LogP contribution >= 0.6 is 24.0 Å². The van der Waals surface area contributed by atoms with Gasteiger partial charge < -0.3 is 15.0 Å². The number of likely N-dealkylation sites (tertiary alicyclic amines) is 1. The molecule has 0 radical (unpaired) electrons. The van der Waals surface area contributed by atoms with Crippen molar-refractivity contribution in [1.82, 2.24) is 10.2 Å². The molecule has 1 unspecified atom stereocenters. The SMILES string of the molecule is CCOC(=O)C1CCCN(C(=NC)NCC(C)C)C1.I. The van der Waals surface area contributed by atoms with E-state index in [9.17, 15) is 4.79 Å². The Kier molecular flexibility index (Phi) is 9.96. The summed E-state index contributed by atoms with van der Waals surface area (Å²) in [5, 5.41) is 3.35. The van der Waals surface area contributed by atoms with Crippen molar-refractivity contribution in [3.05, 3.63) is 0 Å². The maximum Gasteiger partial charge on any atom is 0.310 e. The van der Waals surface area contributed by atoms with E-state index in [1.807, 2.05) is 6.92 Å². The van der Waals surface area contributed by atoms with E-state index in [2.05, 4.69) is 29.1 Å². The van der Waals surface area contributed by atoms with Gasteiger partial charge in [0.05, 0.1) is 12.5 Å². The highest BCUT2D eigenvalue weighted by Crippen LogP contribution is 2.18.